The highest BCUT2D eigenvalue weighted by Crippen LogP contribution is 2.20. The lowest BCUT2D eigenvalue weighted by molar-refractivity contribution is -0.135. The van der Waals surface area contributed by atoms with Gasteiger partial charge in [0.2, 0.25) is 0 Å². The van der Waals surface area contributed by atoms with E-state index in [0.717, 1.165) is 26.1 Å². The van der Waals surface area contributed by atoms with Crippen LogP contribution in [0.25, 0.3) is 0 Å². The number of hydrogen-bond acceptors (Lipinski definition) is 3. The molecule has 0 aromatic carbocycles. The molecule has 2 aliphatic heterocycles. The van der Waals surface area contributed by atoms with Crippen molar-refractivity contribution in [1.29, 1.82) is 0 Å². The molecule has 2 heterocycles. The van der Waals surface area contributed by atoms with Crippen LogP contribution in [-0.2, 0) is 4.79 Å². The summed E-state index contributed by atoms with van der Waals surface area (Å²) in [7, 11) is 0. The van der Waals surface area contributed by atoms with Crippen molar-refractivity contribution in [2.75, 3.05) is 19.6 Å². The minimum absolute atomic E-state index is 0. The predicted octanol–water partition coefficient (Wildman–Crippen LogP) is -0.812. The summed E-state index contributed by atoms with van der Waals surface area (Å²) in [5.41, 5.74) is 0. The van der Waals surface area contributed by atoms with Crippen LogP contribution in [0.3, 0.4) is 0 Å². The fraction of sp³-hybridized carbons (Fsp3) is 0.875. The van der Waals surface area contributed by atoms with E-state index in [-0.39, 0.29) is 13.4 Å². The number of fused-ring (bicyclic) bond motifs is 1. The maximum atomic E-state index is 11.3. The van der Waals surface area contributed by atoms with Crippen LogP contribution in [0.4, 0.5) is 0 Å². The minimum atomic E-state index is -0.741. The minimum Gasteiger partial charge on any atom is -0.383 e. The second-order valence-electron chi connectivity index (χ2n) is 3.49. The molecular weight excluding hydrogens is 156 g/mol. The van der Waals surface area contributed by atoms with E-state index in [9.17, 15) is 9.90 Å². The first-order valence-electron chi connectivity index (χ1n) is 4.48. The molecule has 12 heavy (non-hydrogen) atoms. The number of aliphatic hydroxyl groups excluding tert-OH is 1. The number of hydrogen-bond donors (Lipinski definition) is 2. The van der Waals surface area contributed by atoms with Crippen LogP contribution in [0.2, 0.25) is 0 Å². The van der Waals surface area contributed by atoms with Gasteiger partial charge >= 0.3 is 0 Å². The van der Waals surface area contributed by atoms with E-state index < -0.39 is 6.10 Å². The Morgan fingerprint density at radius 2 is 2.50 bits per heavy atom. The third kappa shape index (κ3) is 1.21. The first-order valence-corrected chi connectivity index (χ1v) is 4.48. The highest BCUT2D eigenvalue weighted by molar-refractivity contribution is 5.83. The van der Waals surface area contributed by atoms with Gasteiger partial charge in [0.15, 0.2) is 0 Å². The summed E-state index contributed by atoms with van der Waals surface area (Å²) in [4.78, 5) is 13.2. The quantitative estimate of drug-likeness (QED) is 0.502. The van der Waals surface area contributed by atoms with E-state index in [4.69, 9.17) is 0 Å². The molecule has 0 saturated carbocycles. The van der Waals surface area contributed by atoms with Crippen molar-refractivity contribution in [3.05, 3.63) is 0 Å². The Morgan fingerprint density at radius 3 is 3.33 bits per heavy atom. The summed E-state index contributed by atoms with van der Waals surface area (Å²) in [6, 6.07) is 0.231. The highest BCUT2D eigenvalue weighted by Gasteiger charge is 2.38. The van der Waals surface area contributed by atoms with Crippen LogP contribution in [0.1, 0.15) is 14.3 Å². The van der Waals surface area contributed by atoms with Gasteiger partial charge in [-0.05, 0) is 13.0 Å². The third-order valence-electron chi connectivity index (χ3n) is 2.64. The summed E-state index contributed by atoms with van der Waals surface area (Å²) < 4.78 is 0. The molecule has 4 heteroatoms. The Morgan fingerprint density at radius 1 is 1.67 bits per heavy atom. The topological polar surface area (TPSA) is 52.6 Å². The number of rotatable bonds is 0. The molecule has 2 saturated heterocycles. The van der Waals surface area contributed by atoms with Crippen LogP contribution in [0.15, 0.2) is 0 Å². The molecule has 2 rings (SSSR count). The lowest BCUT2D eigenvalue weighted by atomic mass is 10.2. The van der Waals surface area contributed by atoms with Crippen LogP contribution in [-0.4, -0.2) is 47.7 Å². The van der Waals surface area contributed by atoms with Gasteiger partial charge in [-0.3, -0.25) is 4.79 Å². The fourth-order valence-corrected chi connectivity index (χ4v) is 1.99. The Balaban J connectivity index is 0.000000845. The molecule has 2 atom stereocenters. The van der Waals surface area contributed by atoms with E-state index >= 15 is 0 Å². The fourth-order valence-electron chi connectivity index (χ4n) is 1.99. The third-order valence-corrected chi connectivity index (χ3v) is 2.64. The second kappa shape index (κ2) is 3.03. The number of amides is 1. The molecular formula is C8H16N2O2. The van der Waals surface area contributed by atoms with Gasteiger partial charge in [0.05, 0.1) is 0 Å². The van der Waals surface area contributed by atoms with Crippen molar-refractivity contribution in [3.8, 4) is 0 Å². The Hall–Kier alpha value is -0.610. The van der Waals surface area contributed by atoms with E-state index in [2.05, 4.69) is 5.32 Å². The summed E-state index contributed by atoms with van der Waals surface area (Å²) in [5.74, 6) is -0.0799. The van der Waals surface area contributed by atoms with E-state index in [1.54, 1.807) is 0 Å². The molecule has 4 nitrogen and oxygen atoms in total. The Labute approximate surface area is 73.0 Å². The molecule has 1 amide bonds. The number of carbonyl (C=O) groups excluding carboxylic acids is 1. The lowest BCUT2D eigenvalue weighted by Crippen LogP contribution is -2.37. The van der Waals surface area contributed by atoms with Gasteiger partial charge in [-0.2, -0.15) is 0 Å². The number of nitrogens with one attached hydrogen (secondary N) is 1. The summed E-state index contributed by atoms with van der Waals surface area (Å²) in [5, 5.41) is 12.6. The van der Waals surface area contributed by atoms with Gasteiger partial charge in [-0.1, -0.05) is 0 Å². The number of nitrogens with zero attached hydrogens (tertiary/aromatic N) is 1. The zero-order chi connectivity index (χ0) is 8.55. The van der Waals surface area contributed by atoms with Gasteiger partial charge in [0.25, 0.3) is 5.91 Å². The Kier molecular flexibility index (Phi) is 2.02. The molecule has 2 unspecified atom stereocenters. The van der Waals surface area contributed by atoms with Crippen molar-refractivity contribution >= 4 is 5.91 Å². The molecule has 0 radical (unpaired) electrons. The van der Waals surface area contributed by atoms with Crippen molar-refractivity contribution < 1.29 is 11.3 Å². The molecule has 2 N–H and O–H groups in total. The van der Waals surface area contributed by atoms with Crippen LogP contribution in [0, 0.1) is 0 Å². The average molecular weight is 172 g/mol. The first kappa shape index (κ1) is 8.01. The van der Waals surface area contributed by atoms with Crippen LogP contribution < -0.4 is 5.32 Å². The SMILES string of the molecule is O=C1C(O)CC2CNCCCN12.[HH]. The van der Waals surface area contributed by atoms with Gasteiger partial charge in [0, 0.05) is 27.0 Å². The average Bonchev–Trinajstić information content (AvgIpc) is 2.30. The largest absolute Gasteiger partial charge is 0.383 e. The van der Waals surface area contributed by atoms with Crippen molar-refractivity contribution in [1.82, 2.24) is 10.2 Å². The molecule has 0 aromatic rings. The standard InChI is InChI=1S/C8H14N2O2.H2/c11-7-4-6-5-9-2-1-3-10(6)8(7)12;/h6-7,9,11H,1-5H2;1H. The second-order valence-corrected chi connectivity index (χ2v) is 3.49. The molecule has 0 aliphatic carbocycles. The number of aliphatic hydroxyl groups is 1. The summed E-state index contributed by atoms with van der Waals surface area (Å²) in [6.45, 7) is 2.62. The molecule has 70 valence electrons. The van der Waals surface area contributed by atoms with E-state index in [0.29, 0.717) is 6.42 Å². The number of carbonyl (C=O) groups is 1. The van der Waals surface area contributed by atoms with Gasteiger partial charge < -0.3 is 15.3 Å². The molecule has 0 bridgehead atoms. The van der Waals surface area contributed by atoms with E-state index in [1.165, 1.54) is 0 Å². The summed E-state index contributed by atoms with van der Waals surface area (Å²) in [6.07, 6.45) is 0.857. The first-order chi connectivity index (χ1) is 5.79. The molecule has 0 spiro atoms. The Bertz CT molecular complexity index is 201. The van der Waals surface area contributed by atoms with Crippen LogP contribution >= 0.6 is 0 Å². The van der Waals surface area contributed by atoms with Crippen molar-refractivity contribution in [2.45, 2.75) is 25.0 Å². The molecule has 2 aliphatic rings. The maximum Gasteiger partial charge on any atom is 0.251 e. The van der Waals surface area contributed by atoms with Crippen molar-refractivity contribution in [2.24, 2.45) is 0 Å². The van der Waals surface area contributed by atoms with Gasteiger partial charge in [-0.15, -0.1) is 0 Å². The predicted molar refractivity (Wildman–Crippen MR) is 45.7 cm³/mol. The molecule has 0 aromatic heterocycles. The zero-order valence-electron chi connectivity index (χ0n) is 6.99. The van der Waals surface area contributed by atoms with Crippen molar-refractivity contribution in [3.63, 3.8) is 0 Å². The zero-order valence-corrected chi connectivity index (χ0v) is 6.99. The molecule has 2 fully saturated rings. The summed E-state index contributed by atoms with van der Waals surface area (Å²) >= 11 is 0. The van der Waals surface area contributed by atoms with Gasteiger partial charge in [0.1, 0.15) is 6.10 Å². The van der Waals surface area contributed by atoms with Gasteiger partial charge in [-0.25, -0.2) is 0 Å². The van der Waals surface area contributed by atoms with E-state index in [1.807, 2.05) is 4.90 Å². The monoisotopic (exact) mass is 172 g/mol. The van der Waals surface area contributed by atoms with Crippen LogP contribution in [0.5, 0.6) is 0 Å². The highest BCUT2D eigenvalue weighted by atomic mass is 16.3. The normalized spacial score (nSPS) is 36.4. The lowest BCUT2D eigenvalue weighted by Gasteiger charge is -2.20. The maximum absolute atomic E-state index is 11.3. The smallest absolute Gasteiger partial charge is 0.251 e.